The van der Waals surface area contributed by atoms with E-state index in [-0.39, 0.29) is 0 Å². The molecular weight excluding hydrogens is 132 g/mol. The molecule has 11 heavy (non-hydrogen) atoms. The summed E-state index contributed by atoms with van der Waals surface area (Å²) in [5.74, 6) is 2.65. The van der Waals surface area contributed by atoms with Gasteiger partial charge in [-0.15, -0.1) is 6.58 Å². The predicted molar refractivity (Wildman–Crippen MR) is 50.5 cm³/mol. The lowest BCUT2D eigenvalue weighted by Gasteiger charge is -2.29. The molecule has 0 heteroatoms. The van der Waals surface area contributed by atoms with Gasteiger partial charge in [0.15, 0.2) is 0 Å². The second-order valence-corrected chi connectivity index (χ2v) is 4.11. The average molecular weight is 152 g/mol. The van der Waals surface area contributed by atoms with E-state index in [1.54, 1.807) is 0 Å². The van der Waals surface area contributed by atoms with Gasteiger partial charge in [0.2, 0.25) is 0 Å². The molecule has 0 spiro atoms. The number of hydrogen-bond acceptors (Lipinski definition) is 0. The molecule has 0 amide bonds. The highest BCUT2D eigenvalue weighted by Crippen LogP contribution is 2.33. The fraction of sp³-hybridized carbons (Fsp3) is 0.818. The van der Waals surface area contributed by atoms with Gasteiger partial charge in [-0.1, -0.05) is 32.8 Å². The van der Waals surface area contributed by atoms with E-state index in [1.165, 1.54) is 25.7 Å². The van der Waals surface area contributed by atoms with Crippen LogP contribution in [0.1, 0.15) is 39.5 Å². The SMILES string of the molecule is C=CC(C)C1CCC(C)CC1. The van der Waals surface area contributed by atoms with Gasteiger partial charge in [0, 0.05) is 0 Å². The van der Waals surface area contributed by atoms with Gasteiger partial charge in [-0.05, 0) is 30.6 Å². The molecule has 0 radical (unpaired) electrons. The van der Waals surface area contributed by atoms with Crippen LogP contribution in [-0.4, -0.2) is 0 Å². The summed E-state index contributed by atoms with van der Waals surface area (Å²) in [6.45, 7) is 8.52. The normalized spacial score (nSPS) is 34.7. The Hall–Kier alpha value is -0.260. The van der Waals surface area contributed by atoms with Crippen molar-refractivity contribution in [3.05, 3.63) is 12.7 Å². The third kappa shape index (κ3) is 2.36. The molecule has 0 aromatic rings. The Morgan fingerprint density at radius 1 is 1.27 bits per heavy atom. The molecule has 1 aliphatic rings. The van der Waals surface area contributed by atoms with E-state index in [9.17, 15) is 0 Å². The van der Waals surface area contributed by atoms with Gasteiger partial charge in [0.1, 0.15) is 0 Å². The number of rotatable bonds is 2. The minimum absolute atomic E-state index is 0.738. The summed E-state index contributed by atoms with van der Waals surface area (Å²) < 4.78 is 0. The van der Waals surface area contributed by atoms with Crippen molar-refractivity contribution in [1.29, 1.82) is 0 Å². The molecule has 0 N–H and O–H groups in total. The zero-order valence-electron chi connectivity index (χ0n) is 7.84. The monoisotopic (exact) mass is 152 g/mol. The van der Waals surface area contributed by atoms with Crippen LogP contribution in [0.4, 0.5) is 0 Å². The lowest BCUT2D eigenvalue weighted by Crippen LogP contribution is -2.17. The van der Waals surface area contributed by atoms with E-state index in [2.05, 4.69) is 26.5 Å². The van der Waals surface area contributed by atoms with Crippen molar-refractivity contribution in [3.63, 3.8) is 0 Å². The van der Waals surface area contributed by atoms with Crippen LogP contribution >= 0.6 is 0 Å². The topological polar surface area (TPSA) is 0 Å². The van der Waals surface area contributed by atoms with Crippen LogP contribution in [0.15, 0.2) is 12.7 Å². The largest absolute Gasteiger partial charge is 0.103 e. The molecule has 1 unspecified atom stereocenters. The van der Waals surface area contributed by atoms with Crippen molar-refractivity contribution in [1.82, 2.24) is 0 Å². The zero-order chi connectivity index (χ0) is 8.27. The first-order valence-corrected chi connectivity index (χ1v) is 4.86. The molecule has 1 atom stereocenters. The molecule has 0 heterocycles. The third-order valence-corrected chi connectivity index (χ3v) is 3.18. The Balaban J connectivity index is 2.32. The van der Waals surface area contributed by atoms with Gasteiger partial charge >= 0.3 is 0 Å². The van der Waals surface area contributed by atoms with E-state index >= 15 is 0 Å². The van der Waals surface area contributed by atoms with Crippen molar-refractivity contribution in [2.24, 2.45) is 17.8 Å². The average Bonchev–Trinajstić information content (AvgIpc) is 2.05. The summed E-state index contributed by atoms with van der Waals surface area (Å²) in [6, 6.07) is 0. The molecule has 0 nitrogen and oxygen atoms in total. The maximum atomic E-state index is 3.85. The summed E-state index contributed by atoms with van der Waals surface area (Å²) in [6.07, 6.45) is 7.83. The molecule has 64 valence electrons. The van der Waals surface area contributed by atoms with Gasteiger partial charge in [-0.2, -0.15) is 0 Å². The van der Waals surface area contributed by atoms with E-state index in [0.717, 1.165) is 17.8 Å². The molecule has 1 saturated carbocycles. The van der Waals surface area contributed by atoms with E-state index < -0.39 is 0 Å². The Labute approximate surface area is 70.7 Å². The van der Waals surface area contributed by atoms with E-state index in [4.69, 9.17) is 0 Å². The standard InChI is InChI=1S/C11H20/c1-4-10(3)11-7-5-9(2)6-8-11/h4,9-11H,1,5-8H2,2-3H3. The molecule has 0 aromatic heterocycles. The van der Waals surface area contributed by atoms with Crippen LogP contribution in [0, 0.1) is 17.8 Å². The minimum atomic E-state index is 0.738. The van der Waals surface area contributed by atoms with E-state index in [0.29, 0.717) is 0 Å². The second kappa shape index (κ2) is 3.94. The number of allylic oxidation sites excluding steroid dienone is 1. The molecule has 0 aliphatic heterocycles. The highest BCUT2D eigenvalue weighted by molar-refractivity contribution is 4.83. The smallest absolute Gasteiger partial charge is 0.0236 e. The van der Waals surface area contributed by atoms with Crippen LogP contribution in [0.2, 0.25) is 0 Å². The maximum Gasteiger partial charge on any atom is -0.0236 e. The molecule has 0 saturated heterocycles. The maximum absolute atomic E-state index is 3.85. The molecular formula is C11H20. The molecule has 0 bridgehead atoms. The van der Waals surface area contributed by atoms with Crippen LogP contribution in [0.5, 0.6) is 0 Å². The summed E-state index contributed by atoms with van der Waals surface area (Å²) >= 11 is 0. The fourth-order valence-electron chi connectivity index (χ4n) is 2.00. The van der Waals surface area contributed by atoms with Crippen LogP contribution in [0.3, 0.4) is 0 Å². The Kier molecular flexibility index (Phi) is 3.16. The highest BCUT2D eigenvalue weighted by atomic mass is 14.3. The summed E-state index contributed by atoms with van der Waals surface area (Å²) in [5, 5.41) is 0. The summed E-state index contributed by atoms with van der Waals surface area (Å²) in [5.41, 5.74) is 0. The van der Waals surface area contributed by atoms with E-state index in [1.807, 2.05) is 0 Å². The van der Waals surface area contributed by atoms with Gasteiger partial charge in [-0.25, -0.2) is 0 Å². The Morgan fingerprint density at radius 3 is 2.27 bits per heavy atom. The highest BCUT2D eigenvalue weighted by Gasteiger charge is 2.20. The Morgan fingerprint density at radius 2 is 1.82 bits per heavy atom. The summed E-state index contributed by atoms with van der Waals surface area (Å²) in [4.78, 5) is 0. The first-order valence-electron chi connectivity index (χ1n) is 4.86. The zero-order valence-corrected chi connectivity index (χ0v) is 7.84. The molecule has 1 aliphatic carbocycles. The van der Waals surface area contributed by atoms with Crippen molar-refractivity contribution >= 4 is 0 Å². The molecule has 1 rings (SSSR count). The van der Waals surface area contributed by atoms with Gasteiger partial charge in [-0.3, -0.25) is 0 Å². The lowest BCUT2D eigenvalue weighted by molar-refractivity contribution is 0.249. The van der Waals surface area contributed by atoms with Crippen LogP contribution in [-0.2, 0) is 0 Å². The van der Waals surface area contributed by atoms with Gasteiger partial charge < -0.3 is 0 Å². The third-order valence-electron chi connectivity index (χ3n) is 3.18. The molecule has 1 fully saturated rings. The quantitative estimate of drug-likeness (QED) is 0.530. The fourth-order valence-corrected chi connectivity index (χ4v) is 2.00. The first-order chi connectivity index (χ1) is 5.24. The van der Waals surface area contributed by atoms with Crippen molar-refractivity contribution < 1.29 is 0 Å². The second-order valence-electron chi connectivity index (χ2n) is 4.11. The minimum Gasteiger partial charge on any atom is -0.103 e. The van der Waals surface area contributed by atoms with Gasteiger partial charge in [0.05, 0.1) is 0 Å². The summed E-state index contributed by atoms with van der Waals surface area (Å²) in [7, 11) is 0. The van der Waals surface area contributed by atoms with Crippen molar-refractivity contribution in [2.45, 2.75) is 39.5 Å². The molecule has 0 aromatic carbocycles. The lowest BCUT2D eigenvalue weighted by atomic mass is 9.77. The first kappa shape index (κ1) is 8.83. The van der Waals surface area contributed by atoms with Gasteiger partial charge in [0.25, 0.3) is 0 Å². The van der Waals surface area contributed by atoms with Crippen LogP contribution in [0.25, 0.3) is 0 Å². The Bertz CT molecular complexity index is 118. The predicted octanol–water partition coefficient (Wildman–Crippen LogP) is 3.63. The van der Waals surface area contributed by atoms with Crippen molar-refractivity contribution in [3.8, 4) is 0 Å². The number of hydrogen-bond donors (Lipinski definition) is 0. The van der Waals surface area contributed by atoms with Crippen LogP contribution < -0.4 is 0 Å². The van der Waals surface area contributed by atoms with Crippen molar-refractivity contribution in [2.75, 3.05) is 0 Å².